The second-order valence-electron chi connectivity index (χ2n) is 2.91. The molecule has 1 nitrogen and oxygen atoms in total. The summed E-state index contributed by atoms with van der Waals surface area (Å²) in [5, 5.41) is 3.12. The number of rotatable bonds is 2. The average molecular weight is 188 g/mol. The highest BCUT2D eigenvalue weighted by Gasteiger charge is 2.07. The van der Waals surface area contributed by atoms with Crippen molar-refractivity contribution in [3.63, 3.8) is 0 Å². The van der Waals surface area contributed by atoms with Crippen LogP contribution in [0.2, 0.25) is 6.32 Å². The van der Waals surface area contributed by atoms with Crippen LogP contribution in [0.4, 0.5) is 0 Å². The second kappa shape index (κ2) is 3.34. The van der Waals surface area contributed by atoms with Crippen LogP contribution < -0.4 is 0 Å². The Kier molecular flexibility index (Phi) is 2.19. The zero-order valence-corrected chi connectivity index (χ0v) is 8.23. The summed E-state index contributed by atoms with van der Waals surface area (Å²) >= 11 is 1.68. The van der Waals surface area contributed by atoms with Crippen LogP contribution in [0.15, 0.2) is 29.6 Å². The van der Waals surface area contributed by atoms with Gasteiger partial charge in [-0.2, -0.15) is 0 Å². The molecule has 3 heteroatoms. The van der Waals surface area contributed by atoms with Gasteiger partial charge in [0.05, 0.1) is 0 Å². The number of fused-ring (bicyclic) bond motifs is 1. The molecule has 1 aromatic carbocycles. The number of carbonyl (C=O) groups excluding carboxylic acids is 1. The van der Waals surface area contributed by atoms with Gasteiger partial charge in [0, 0.05) is 15.6 Å². The molecule has 0 bridgehead atoms. The van der Waals surface area contributed by atoms with Crippen molar-refractivity contribution in [3.8, 4) is 0 Å². The molecule has 2 rings (SSSR count). The zero-order valence-electron chi connectivity index (χ0n) is 7.41. The van der Waals surface area contributed by atoms with Gasteiger partial charge in [0.1, 0.15) is 7.85 Å². The predicted octanol–water partition coefficient (Wildman–Crippen LogP) is 2.14. The normalized spacial score (nSPS) is 10.5. The van der Waals surface area contributed by atoms with Crippen molar-refractivity contribution < 1.29 is 4.79 Å². The Morgan fingerprint density at radius 2 is 2.23 bits per heavy atom. The van der Waals surface area contributed by atoms with Crippen LogP contribution in [0.5, 0.6) is 0 Å². The molecule has 0 aliphatic heterocycles. The summed E-state index contributed by atoms with van der Waals surface area (Å²) in [6.45, 7) is 0. The van der Waals surface area contributed by atoms with E-state index in [9.17, 15) is 4.79 Å². The van der Waals surface area contributed by atoms with Gasteiger partial charge < -0.3 is 0 Å². The van der Waals surface area contributed by atoms with Gasteiger partial charge in [-0.15, -0.1) is 11.3 Å². The molecule has 13 heavy (non-hydrogen) atoms. The van der Waals surface area contributed by atoms with Crippen molar-refractivity contribution >= 4 is 35.1 Å². The summed E-state index contributed by atoms with van der Waals surface area (Å²) in [6, 6.07) is 7.91. The Balaban J connectivity index is 2.67. The number of hydrogen-bond acceptors (Lipinski definition) is 2. The number of Topliss-reactive ketones (excluding diaryl/α,β-unsaturated/α-hetero) is 1. The standard InChI is InChI=1S/C10H9BOS/c11-6-9(12)7-2-1-3-10-8(7)4-5-13-10/h1-5H,6,11H2. The maximum atomic E-state index is 11.5. The van der Waals surface area contributed by atoms with Crippen LogP contribution in [0, 0.1) is 0 Å². The monoisotopic (exact) mass is 188 g/mol. The lowest BCUT2D eigenvalue weighted by atomic mass is 9.94. The largest absolute Gasteiger partial charge is 0.295 e. The molecule has 0 saturated carbocycles. The third-order valence-electron chi connectivity index (χ3n) is 2.12. The highest BCUT2D eigenvalue weighted by atomic mass is 32.1. The van der Waals surface area contributed by atoms with Gasteiger partial charge in [-0.3, -0.25) is 4.79 Å². The van der Waals surface area contributed by atoms with Crippen LogP contribution in [0.1, 0.15) is 10.4 Å². The third kappa shape index (κ3) is 1.40. The van der Waals surface area contributed by atoms with Crippen LogP contribution in [0.3, 0.4) is 0 Å². The highest BCUT2D eigenvalue weighted by molar-refractivity contribution is 7.17. The quantitative estimate of drug-likeness (QED) is 0.521. The van der Waals surface area contributed by atoms with Crippen molar-refractivity contribution in [2.75, 3.05) is 0 Å². The van der Waals surface area contributed by atoms with Crippen LogP contribution in [0.25, 0.3) is 10.1 Å². The number of thiophene rings is 1. The Hall–Kier alpha value is -1.09. The highest BCUT2D eigenvalue weighted by Crippen LogP contribution is 2.24. The van der Waals surface area contributed by atoms with Gasteiger partial charge in [0.15, 0.2) is 5.78 Å². The van der Waals surface area contributed by atoms with Crippen LogP contribution in [-0.2, 0) is 0 Å². The fraction of sp³-hybridized carbons (Fsp3) is 0.100. The first-order valence-corrected chi connectivity index (χ1v) is 5.20. The molecule has 0 atom stereocenters. The number of hydrogen-bond donors (Lipinski definition) is 0. The van der Waals surface area contributed by atoms with E-state index in [1.807, 2.05) is 37.5 Å². The summed E-state index contributed by atoms with van der Waals surface area (Å²) in [7, 11) is 1.90. The Morgan fingerprint density at radius 1 is 1.38 bits per heavy atom. The Morgan fingerprint density at radius 3 is 3.00 bits per heavy atom. The van der Waals surface area contributed by atoms with E-state index in [-0.39, 0.29) is 5.78 Å². The molecule has 0 aliphatic rings. The molecule has 0 radical (unpaired) electrons. The molecular weight excluding hydrogens is 179 g/mol. The molecular formula is C10H9BOS. The molecule has 0 amide bonds. The molecule has 1 aromatic heterocycles. The van der Waals surface area contributed by atoms with E-state index in [1.54, 1.807) is 11.3 Å². The molecule has 2 aromatic rings. The summed E-state index contributed by atoms with van der Waals surface area (Å²) in [6.07, 6.45) is 0.578. The molecule has 1 heterocycles. The van der Waals surface area contributed by atoms with Crippen molar-refractivity contribution in [3.05, 3.63) is 35.2 Å². The maximum Gasteiger partial charge on any atom is 0.155 e. The van der Waals surface area contributed by atoms with Crippen molar-refractivity contribution in [1.29, 1.82) is 0 Å². The van der Waals surface area contributed by atoms with Gasteiger partial charge >= 0.3 is 0 Å². The first-order chi connectivity index (χ1) is 6.33. The van der Waals surface area contributed by atoms with Gasteiger partial charge in [0.2, 0.25) is 0 Å². The lowest BCUT2D eigenvalue weighted by Crippen LogP contribution is -1.97. The Bertz CT molecular complexity index is 447. The third-order valence-corrected chi connectivity index (χ3v) is 3.00. The first-order valence-electron chi connectivity index (χ1n) is 4.32. The molecule has 64 valence electrons. The number of benzene rings is 1. The predicted molar refractivity (Wildman–Crippen MR) is 59.5 cm³/mol. The summed E-state index contributed by atoms with van der Waals surface area (Å²) in [5.41, 5.74) is 0.862. The Labute approximate surface area is 81.8 Å². The minimum Gasteiger partial charge on any atom is -0.295 e. The minimum atomic E-state index is 0.226. The number of ketones is 1. The van der Waals surface area contributed by atoms with Crippen LogP contribution in [-0.4, -0.2) is 13.6 Å². The van der Waals surface area contributed by atoms with Gasteiger partial charge in [-0.05, 0) is 23.8 Å². The van der Waals surface area contributed by atoms with Crippen molar-refractivity contribution in [2.45, 2.75) is 6.32 Å². The van der Waals surface area contributed by atoms with E-state index >= 15 is 0 Å². The van der Waals surface area contributed by atoms with E-state index in [4.69, 9.17) is 0 Å². The van der Waals surface area contributed by atoms with Crippen molar-refractivity contribution in [2.24, 2.45) is 0 Å². The molecule has 0 aliphatic carbocycles. The van der Waals surface area contributed by atoms with Crippen molar-refractivity contribution in [1.82, 2.24) is 0 Å². The second-order valence-corrected chi connectivity index (χ2v) is 3.86. The zero-order chi connectivity index (χ0) is 9.26. The lowest BCUT2D eigenvalue weighted by Gasteiger charge is -1.98. The fourth-order valence-corrected chi connectivity index (χ4v) is 2.24. The average Bonchev–Trinajstić information content (AvgIpc) is 2.63. The van der Waals surface area contributed by atoms with E-state index < -0.39 is 0 Å². The van der Waals surface area contributed by atoms with Gasteiger partial charge in [-0.1, -0.05) is 12.1 Å². The SMILES string of the molecule is BCC(=O)c1cccc2sccc12. The molecule has 0 fully saturated rings. The molecule has 0 spiro atoms. The van der Waals surface area contributed by atoms with Crippen LogP contribution >= 0.6 is 11.3 Å². The molecule has 0 unspecified atom stereocenters. The molecule has 0 N–H and O–H groups in total. The minimum absolute atomic E-state index is 0.226. The van der Waals surface area contributed by atoms with E-state index in [0.717, 1.165) is 10.9 Å². The van der Waals surface area contributed by atoms with Gasteiger partial charge in [-0.25, -0.2) is 0 Å². The summed E-state index contributed by atoms with van der Waals surface area (Å²) in [4.78, 5) is 11.5. The van der Waals surface area contributed by atoms with Gasteiger partial charge in [0.25, 0.3) is 0 Å². The first kappa shape index (κ1) is 8.51. The van der Waals surface area contributed by atoms with E-state index in [0.29, 0.717) is 6.32 Å². The smallest absolute Gasteiger partial charge is 0.155 e. The summed E-state index contributed by atoms with van der Waals surface area (Å²) < 4.78 is 1.19. The molecule has 0 saturated heterocycles. The topological polar surface area (TPSA) is 17.1 Å². The van der Waals surface area contributed by atoms with E-state index in [1.165, 1.54) is 4.70 Å². The number of carbonyl (C=O) groups is 1. The fourth-order valence-electron chi connectivity index (χ4n) is 1.43. The van der Waals surface area contributed by atoms with E-state index in [2.05, 4.69) is 0 Å². The summed E-state index contributed by atoms with van der Waals surface area (Å²) in [5.74, 6) is 0.226. The maximum absolute atomic E-state index is 11.5. The lowest BCUT2D eigenvalue weighted by molar-refractivity contribution is 0.101.